The number of hydrogen-bond acceptors (Lipinski definition) is 3. The number of rotatable bonds is 9. The average Bonchev–Trinajstić information content (AvgIpc) is 2.41. The van der Waals surface area contributed by atoms with Gasteiger partial charge in [0, 0.05) is 18.2 Å². The quantitative estimate of drug-likeness (QED) is 0.555. The number of para-hydroxylation sites is 1. The van der Waals surface area contributed by atoms with Crippen molar-refractivity contribution in [1.82, 2.24) is 0 Å². The van der Waals surface area contributed by atoms with E-state index in [1.807, 2.05) is 0 Å². The maximum Gasteiger partial charge on any atom is 0.328 e. The minimum Gasteiger partial charge on any atom is -0.489 e. The van der Waals surface area contributed by atoms with Crippen LogP contribution < -0.4 is 4.74 Å². The van der Waals surface area contributed by atoms with Crippen molar-refractivity contribution in [3.63, 3.8) is 0 Å². The van der Waals surface area contributed by atoms with Gasteiger partial charge in [0.1, 0.15) is 12.4 Å². The van der Waals surface area contributed by atoms with Gasteiger partial charge in [-0.25, -0.2) is 4.79 Å². The molecule has 0 saturated heterocycles. The van der Waals surface area contributed by atoms with Gasteiger partial charge in [0.05, 0.1) is 11.6 Å². The molecule has 0 aliphatic rings. The van der Waals surface area contributed by atoms with Gasteiger partial charge in [-0.15, -0.1) is 0 Å². The van der Waals surface area contributed by atoms with Crippen LogP contribution in [0.2, 0.25) is 5.02 Å². The Morgan fingerprint density at radius 2 is 2.10 bits per heavy atom. The largest absolute Gasteiger partial charge is 0.489 e. The van der Waals surface area contributed by atoms with Crippen molar-refractivity contribution in [2.45, 2.75) is 20.3 Å². The first-order chi connectivity index (χ1) is 10.0. The Morgan fingerprint density at radius 3 is 2.76 bits per heavy atom. The van der Waals surface area contributed by atoms with Crippen LogP contribution in [0.15, 0.2) is 24.3 Å². The molecule has 1 aromatic carbocycles. The lowest BCUT2D eigenvalue weighted by Gasteiger charge is -2.11. The smallest absolute Gasteiger partial charge is 0.328 e. The van der Waals surface area contributed by atoms with Crippen LogP contribution in [-0.2, 0) is 9.53 Å². The highest BCUT2D eigenvalue weighted by Gasteiger charge is 2.06. The molecule has 0 aromatic heterocycles. The maximum absolute atomic E-state index is 10.6. The van der Waals surface area contributed by atoms with E-state index in [1.54, 1.807) is 18.2 Å². The van der Waals surface area contributed by atoms with Crippen LogP contribution in [0.4, 0.5) is 0 Å². The van der Waals surface area contributed by atoms with E-state index >= 15 is 0 Å². The minimum absolute atomic E-state index is 0.371. The van der Waals surface area contributed by atoms with E-state index in [2.05, 4.69) is 13.8 Å². The van der Waals surface area contributed by atoms with Gasteiger partial charge >= 0.3 is 5.97 Å². The Balaban J connectivity index is 2.52. The van der Waals surface area contributed by atoms with Gasteiger partial charge < -0.3 is 14.6 Å². The van der Waals surface area contributed by atoms with Crippen LogP contribution in [0.5, 0.6) is 5.75 Å². The van der Waals surface area contributed by atoms with Crippen molar-refractivity contribution in [1.29, 1.82) is 0 Å². The Kier molecular flexibility index (Phi) is 7.87. The monoisotopic (exact) mass is 312 g/mol. The van der Waals surface area contributed by atoms with Crippen molar-refractivity contribution in [3.05, 3.63) is 34.9 Å². The number of ether oxygens (including phenoxy) is 2. The first kappa shape index (κ1) is 17.5. The van der Waals surface area contributed by atoms with Crippen molar-refractivity contribution in [2.75, 3.05) is 19.8 Å². The summed E-state index contributed by atoms with van der Waals surface area (Å²) in [6, 6.07) is 5.20. The highest BCUT2D eigenvalue weighted by Crippen LogP contribution is 2.29. The first-order valence-corrected chi connectivity index (χ1v) is 7.28. The second-order valence-corrected chi connectivity index (χ2v) is 5.38. The summed E-state index contributed by atoms with van der Waals surface area (Å²) < 4.78 is 11.1. The molecule has 0 spiro atoms. The fourth-order valence-electron chi connectivity index (χ4n) is 1.59. The molecule has 0 amide bonds. The summed E-state index contributed by atoms with van der Waals surface area (Å²) in [7, 11) is 0. The fraction of sp³-hybridized carbons (Fsp3) is 0.438. The molecule has 0 aliphatic carbocycles. The first-order valence-electron chi connectivity index (χ1n) is 6.90. The number of carboxylic acid groups (broad SMARTS) is 1. The molecule has 0 heterocycles. The SMILES string of the molecule is CC(C)CCOCCOc1c(Cl)cccc1/C=C/C(=O)O. The Hall–Kier alpha value is -1.52. The van der Waals surface area contributed by atoms with Gasteiger partial charge in [0.15, 0.2) is 0 Å². The van der Waals surface area contributed by atoms with Gasteiger partial charge in [-0.2, -0.15) is 0 Å². The van der Waals surface area contributed by atoms with Crippen molar-refractivity contribution < 1.29 is 19.4 Å². The lowest BCUT2D eigenvalue weighted by atomic mass is 10.1. The summed E-state index contributed by atoms with van der Waals surface area (Å²) in [5, 5.41) is 9.12. The Bertz CT molecular complexity index is 483. The zero-order valence-electron chi connectivity index (χ0n) is 12.3. The molecule has 0 saturated carbocycles. The van der Waals surface area contributed by atoms with Crippen LogP contribution in [0.25, 0.3) is 6.08 Å². The number of carbonyl (C=O) groups is 1. The third kappa shape index (κ3) is 7.16. The van der Waals surface area contributed by atoms with E-state index in [4.69, 9.17) is 26.2 Å². The normalized spacial score (nSPS) is 11.2. The molecule has 0 fully saturated rings. The molecule has 21 heavy (non-hydrogen) atoms. The van der Waals surface area contributed by atoms with Crippen LogP contribution in [-0.4, -0.2) is 30.9 Å². The zero-order chi connectivity index (χ0) is 15.7. The summed E-state index contributed by atoms with van der Waals surface area (Å²) in [6.45, 7) is 5.83. The summed E-state index contributed by atoms with van der Waals surface area (Å²) in [4.78, 5) is 10.6. The molecule has 116 valence electrons. The fourth-order valence-corrected chi connectivity index (χ4v) is 1.83. The summed E-state index contributed by atoms with van der Waals surface area (Å²) in [6.07, 6.45) is 3.53. The Morgan fingerprint density at radius 1 is 1.33 bits per heavy atom. The topological polar surface area (TPSA) is 55.8 Å². The van der Waals surface area contributed by atoms with Crippen LogP contribution in [0.1, 0.15) is 25.8 Å². The van der Waals surface area contributed by atoms with Gasteiger partial charge in [-0.3, -0.25) is 0 Å². The molecule has 5 heteroatoms. The molecular formula is C16H21ClO4. The van der Waals surface area contributed by atoms with E-state index in [-0.39, 0.29) is 0 Å². The van der Waals surface area contributed by atoms with Crippen LogP contribution in [0.3, 0.4) is 0 Å². The van der Waals surface area contributed by atoms with E-state index < -0.39 is 5.97 Å². The van der Waals surface area contributed by atoms with Crippen LogP contribution >= 0.6 is 11.6 Å². The lowest BCUT2D eigenvalue weighted by Crippen LogP contribution is -2.09. The van der Waals surface area contributed by atoms with Gasteiger partial charge in [0.2, 0.25) is 0 Å². The molecule has 1 N–H and O–H groups in total. The number of carboxylic acids is 1. The highest BCUT2D eigenvalue weighted by atomic mass is 35.5. The van der Waals surface area contributed by atoms with E-state index in [0.29, 0.717) is 42.1 Å². The van der Waals surface area contributed by atoms with Crippen molar-refractivity contribution >= 4 is 23.6 Å². The standard InChI is InChI=1S/C16H21ClO4/c1-12(2)8-9-20-10-11-21-16-13(6-7-15(18)19)4-3-5-14(16)17/h3-7,12H,8-11H2,1-2H3,(H,18,19)/b7-6+. The second-order valence-electron chi connectivity index (χ2n) is 4.97. The molecule has 0 unspecified atom stereocenters. The molecule has 1 rings (SSSR count). The molecule has 0 atom stereocenters. The third-order valence-electron chi connectivity index (χ3n) is 2.72. The molecule has 4 nitrogen and oxygen atoms in total. The molecular weight excluding hydrogens is 292 g/mol. The number of hydrogen-bond donors (Lipinski definition) is 1. The maximum atomic E-state index is 10.6. The molecule has 0 bridgehead atoms. The Labute approximate surface area is 130 Å². The zero-order valence-corrected chi connectivity index (χ0v) is 13.1. The summed E-state index contributed by atoms with van der Waals surface area (Å²) in [5.74, 6) is 0.0734. The minimum atomic E-state index is -1.02. The average molecular weight is 313 g/mol. The summed E-state index contributed by atoms with van der Waals surface area (Å²) >= 11 is 6.08. The number of aliphatic carboxylic acids is 1. The van der Waals surface area contributed by atoms with Crippen LogP contribution in [0, 0.1) is 5.92 Å². The second kappa shape index (κ2) is 9.42. The van der Waals surface area contributed by atoms with Crippen molar-refractivity contribution in [2.24, 2.45) is 5.92 Å². The highest BCUT2D eigenvalue weighted by molar-refractivity contribution is 6.32. The number of halogens is 1. The van der Waals surface area contributed by atoms with E-state index in [1.165, 1.54) is 6.08 Å². The van der Waals surface area contributed by atoms with Gasteiger partial charge in [-0.05, 0) is 24.5 Å². The molecule has 1 aromatic rings. The summed E-state index contributed by atoms with van der Waals surface area (Å²) in [5.41, 5.74) is 0.632. The lowest BCUT2D eigenvalue weighted by molar-refractivity contribution is -0.131. The predicted octanol–water partition coefficient (Wildman–Crippen LogP) is 3.88. The van der Waals surface area contributed by atoms with Gasteiger partial charge in [0.25, 0.3) is 0 Å². The number of benzene rings is 1. The predicted molar refractivity (Wildman–Crippen MR) is 83.9 cm³/mol. The van der Waals surface area contributed by atoms with Gasteiger partial charge in [-0.1, -0.05) is 37.6 Å². The molecule has 0 aliphatic heterocycles. The van der Waals surface area contributed by atoms with E-state index in [0.717, 1.165) is 12.5 Å². The van der Waals surface area contributed by atoms with Crippen molar-refractivity contribution in [3.8, 4) is 5.75 Å². The van der Waals surface area contributed by atoms with E-state index in [9.17, 15) is 4.79 Å². The molecule has 0 radical (unpaired) electrons. The third-order valence-corrected chi connectivity index (χ3v) is 3.01.